The van der Waals surface area contributed by atoms with Gasteiger partial charge in [0, 0.05) is 26.1 Å². The van der Waals surface area contributed by atoms with E-state index in [9.17, 15) is 14.7 Å². The van der Waals surface area contributed by atoms with Crippen LogP contribution in [0.3, 0.4) is 0 Å². The third-order valence-electron chi connectivity index (χ3n) is 2.67. The van der Waals surface area contributed by atoms with Crippen LogP contribution in [0.2, 0.25) is 0 Å². The van der Waals surface area contributed by atoms with E-state index in [4.69, 9.17) is 9.47 Å². The number of ether oxygens (including phenoxy) is 2. The second-order valence-corrected chi connectivity index (χ2v) is 4.51. The van der Waals surface area contributed by atoms with E-state index in [0.717, 1.165) is 0 Å². The number of carbonyl (C=O) groups is 2. The van der Waals surface area contributed by atoms with Crippen LogP contribution in [0.4, 0.5) is 9.59 Å². The summed E-state index contributed by atoms with van der Waals surface area (Å²) in [5, 5.41) is 12.2. The highest BCUT2D eigenvalue weighted by Gasteiger charge is 2.21. The fourth-order valence-electron chi connectivity index (χ4n) is 1.45. The summed E-state index contributed by atoms with van der Waals surface area (Å²) in [5.41, 5.74) is 0. The molecule has 0 bridgehead atoms. The Morgan fingerprint density at radius 3 is 2.38 bits per heavy atom. The number of alkyl carbamates (subject to hydrolysis) is 1. The molecule has 7 nitrogen and oxygen atoms in total. The third kappa shape index (κ3) is 8.69. The van der Waals surface area contributed by atoms with Crippen molar-refractivity contribution in [3.8, 4) is 0 Å². The van der Waals surface area contributed by atoms with Crippen LogP contribution in [-0.2, 0) is 9.47 Å². The average molecular weight is 300 g/mol. The number of amides is 2. The topological polar surface area (TPSA) is 88.1 Å². The second-order valence-electron chi connectivity index (χ2n) is 4.51. The van der Waals surface area contributed by atoms with Crippen molar-refractivity contribution in [3.05, 3.63) is 25.3 Å². The summed E-state index contributed by atoms with van der Waals surface area (Å²) in [6.45, 7) is 9.10. The molecule has 0 fully saturated rings. The van der Waals surface area contributed by atoms with Gasteiger partial charge >= 0.3 is 12.2 Å². The Hall–Kier alpha value is -2.02. The normalized spacial score (nSPS) is 12.7. The number of aliphatic hydroxyl groups excluding tert-OH is 1. The zero-order valence-corrected chi connectivity index (χ0v) is 12.6. The van der Waals surface area contributed by atoms with E-state index >= 15 is 0 Å². The van der Waals surface area contributed by atoms with Gasteiger partial charge in [0.05, 0.1) is 6.10 Å². The molecule has 2 N–H and O–H groups in total. The highest BCUT2D eigenvalue weighted by molar-refractivity contribution is 5.68. The first-order valence-corrected chi connectivity index (χ1v) is 6.60. The summed E-state index contributed by atoms with van der Waals surface area (Å²) in [4.78, 5) is 24.2. The summed E-state index contributed by atoms with van der Waals surface area (Å²) in [6, 6.07) is 0. The predicted molar refractivity (Wildman–Crippen MR) is 78.9 cm³/mol. The molecule has 7 heteroatoms. The molecule has 120 valence electrons. The van der Waals surface area contributed by atoms with Crippen LogP contribution in [0, 0.1) is 5.92 Å². The Kier molecular flexibility index (Phi) is 9.70. The van der Waals surface area contributed by atoms with Crippen molar-refractivity contribution in [2.24, 2.45) is 5.92 Å². The Balaban J connectivity index is 4.29. The Labute approximate surface area is 125 Å². The molecule has 21 heavy (non-hydrogen) atoms. The molecule has 0 heterocycles. The predicted octanol–water partition coefficient (Wildman–Crippen LogP) is 1.15. The molecule has 0 aromatic heterocycles. The molecule has 0 rings (SSSR count). The Morgan fingerprint density at radius 1 is 1.29 bits per heavy atom. The van der Waals surface area contributed by atoms with Gasteiger partial charge in [-0.15, -0.1) is 0 Å². The monoisotopic (exact) mass is 300 g/mol. The molecule has 2 amide bonds. The average Bonchev–Trinajstić information content (AvgIpc) is 2.45. The third-order valence-corrected chi connectivity index (χ3v) is 2.67. The lowest BCUT2D eigenvalue weighted by atomic mass is 10.0. The van der Waals surface area contributed by atoms with Crippen LogP contribution < -0.4 is 5.32 Å². The lowest BCUT2D eigenvalue weighted by Gasteiger charge is -2.25. The van der Waals surface area contributed by atoms with Crippen molar-refractivity contribution >= 4 is 12.2 Å². The molecule has 0 radical (unpaired) electrons. The minimum absolute atomic E-state index is 0.110. The number of nitrogens with one attached hydrogen (secondary N) is 1. The number of nitrogens with zero attached hydrogens (tertiary/aromatic N) is 1. The fourth-order valence-corrected chi connectivity index (χ4v) is 1.45. The number of aliphatic hydroxyl groups is 1. The largest absolute Gasteiger partial charge is 0.445 e. The highest BCUT2D eigenvalue weighted by Crippen LogP contribution is 2.06. The van der Waals surface area contributed by atoms with E-state index in [1.165, 1.54) is 17.1 Å². The summed E-state index contributed by atoms with van der Waals surface area (Å²) < 4.78 is 9.64. The number of rotatable bonds is 9. The number of hydrogen-bond donors (Lipinski definition) is 2. The lowest BCUT2D eigenvalue weighted by Crippen LogP contribution is -2.42. The minimum Gasteiger partial charge on any atom is -0.445 e. The summed E-state index contributed by atoms with van der Waals surface area (Å²) in [5.74, 6) is -0.345. The highest BCUT2D eigenvalue weighted by atomic mass is 16.6. The van der Waals surface area contributed by atoms with Crippen molar-refractivity contribution in [2.75, 3.05) is 33.4 Å². The van der Waals surface area contributed by atoms with Crippen LogP contribution in [0.25, 0.3) is 0 Å². The molecule has 0 aliphatic carbocycles. The molecule has 0 aliphatic rings. The first-order valence-electron chi connectivity index (χ1n) is 6.60. The van der Waals surface area contributed by atoms with Crippen LogP contribution in [-0.4, -0.2) is 61.6 Å². The van der Waals surface area contributed by atoms with Crippen molar-refractivity contribution in [1.82, 2.24) is 10.2 Å². The molecule has 2 unspecified atom stereocenters. The maximum absolute atomic E-state index is 11.6. The number of carbonyl (C=O) groups excluding carboxylic acids is 2. The van der Waals surface area contributed by atoms with Gasteiger partial charge < -0.3 is 24.8 Å². The Bertz CT molecular complexity index is 357. The maximum atomic E-state index is 11.6. The van der Waals surface area contributed by atoms with Gasteiger partial charge in [0.15, 0.2) is 0 Å². The van der Waals surface area contributed by atoms with Gasteiger partial charge in [-0.3, -0.25) is 0 Å². The lowest BCUT2D eigenvalue weighted by molar-refractivity contribution is 0.0811. The van der Waals surface area contributed by atoms with Crippen LogP contribution in [0.15, 0.2) is 25.3 Å². The van der Waals surface area contributed by atoms with E-state index < -0.39 is 18.3 Å². The molecule has 0 saturated heterocycles. The van der Waals surface area contributed by atoms with Gasteiger partial charge in [-0.2, -0.15) is 0 Å². The molecular weight excluding hydrogens is 276 g/mol. The smallest absolute Gasteiger partial charge is 0.409 e. The van der Waals surface area contributed by atoms with Crippen molar-refractivity contribution in [3.63, 3.8) is 0 Å². The molecular formula is C14H24N2O5. The molecule has 0 saturated carbocycles. The number of hydrogen-bond acceptors (Lipinski definition) is 5. The molecule has 2 atom stereocenters. The van der Waals surface area contributed by atoms with Gasteiger partial charge in [-0.25, -0.2) is 9.59 Å². The van der Waals surface area contributed by atoms with Gasteiger partial charge in [-0.1, -0.05) is 25.3 Å². The maximum Gasteiger partial charge on any atom is 0.409 e. The second kappa shape index (κ2) is 10.7. The summed E-state index contributed by atoms with van der Waals surface area (Å²) in [6.07, 6.45) is 1.09. The van der Waals surface area contributed by atoms with Gasteiger partial charge in [0.1, 0.15) is 13.2 Å². The van der Waals surface area contributed by atoms with E-state index in [1.807, 2.05) is 0 Å². The zero-order valence-electron chi connectivity index (χ0n) is 12.6. The van der Waals surface area contributed by atoms with E-state index in [1.54, 1.807) is 14.0 Å². The summed E-state index contributed by atoms with van der Waals surface area (Å²) >= 11 is 0. The van der Waals surface area contributed by atoms with Crippen molar-refractivity contribution in [1.29, 1.82) is 0 Å². The molecule has 0 aromatic rings. The minimum atomic E-state index is -0.709. The van der Waals surface area contributed by atoms with Crippen LogP contribution in [0.5, 0.6) is 0 Å². The van der Waals surface area contributed by atoms with E-state index in [2.05, 4.69) is 18.5 Å². The van der Waals surface area contributed by atoms with Crippen LogP contribution in [0.1, 0.15) is 6.92 Å². The van der Waals surface area contributed by atoms with Crippen LogP contribution >= 0.6 is 0 Å². The SMILES string of the molecule is C=CCOC(=O)NCC(CN(C)C(=O)OCC=C)C(C)O. The van der Waals surface area contributed by atoms with Crippen molar-refractivity contribution < 1.29 is 24.2 Å². The first-order chi connectivity index (χ1) is 9.92. The zero-order chi connectivity index (χ0) is 16.3. The van der Waals surface area contributed by atoms with Crippen molar-refractivity contribution in [2.45, 2.75) is 13.0 Å². The van der Waals surface area contributed by atoms with E-state index in [0.29, 0.717) is 0 Å². The standard InChI is InChI=1S/C14H24N2O5/c1-5-7-20-13(18)15-9-12(11(3)17)10-16(4)14(19)21-8-6-2/h5-6,11-12,17H,1-2,7-10H2,3-4H3,(H,15,18). The fraction of sp³-hybridized carbons (Fsp3) is 0.571. The first kappa shape index (κ1) is 19.0. The van der Waals surface area contributed by atoms with Gasteiger partial charge in [0.2, 0.25) is 0 Å². The molecule has 0 aromatic carbocycles. The summed E-state index contributed by atoms with van der Waals surface area (Å²) in [7, 11) is 1.55. The van der Waals surface area contributed by atoms with E-state index in [-0.39, 0.29) is 32.2 Å². The van der Waals surface area contributed by atoms with Gasteiger partial charge in [0.25, 0.3) is 0 Å². The molecule has 0 aliphatic heterocycles. The quantitative estimate of drug-likeness (QED) is 0.624. The Morgan fingerprint density at radius 2 is 1.86 bits per heavy atom. The molecule has 0 spiro atoms. The van der Waals surface area contributed by atoms with Gasteiger partial charge in [-0.05, 0) is 6.92 Å².